The largest absolute Gasteiger partial charge is 0.328 e. The number of hydrogen-bond acceptors (Lipinski definition) is 2. The fraction of sp³-hybridized carbons (Fsp3) is 0.235. The molecule has 0 amide bonds. The Morgan fingerprint density at radius 3 is 2.62 bits per heavy atom. The van der Waals surface area contributed by atoms with Gasteiger partial charge in [-0.1, -0.05) is 40.2 Å². The predicted molar refractivity (Wildman–Crippen MR) is 90.2 cm³/mol. The Morgan fingerprint density at radius 2 is 1.90 bits per heavy atom. The summed E-state index contributed by atoms with van der Waals surface area (Å²) < 4.78 is 3.33. The van der Waals surface area contributed by atoms with E-state index in [1.165, 1.54) is 16.6 Å². The number of imidazole rings is 1. The first-order chi connectivity index (χ1) is 10.2. The molecule has 2 aromatic carbocycles. The van der Waals surface area contributed by atoms with Gasteiger partial charge < -0.3 is 10.3 Å². The van der Waals surface area contributed by atoms with E-state index in [-0.39, 0.29) is 0 Å². The Labute approximate surface area is 132 Å². The molecule has 3 rings (SSSR count). The van der Waals surface area contributed by atoms with E-state index in [2.05, 4.69) is 63.8 Å². The number of fused-ring (bicyclic) bond motifs is 1. The van der Waals surface area contributed by atoms with Crippen LogP contribution in [0.4, 0.5) is 0 Å². The minimum Gasteiger partial charge on any atom is -0.328 e. The lowest BCUT2D eigenvalue weighted by molar-refractivity contribution is 0.731. The zero-order valence-corrected chi connectivity index (χ0v) is 13.6. The summed E-state index contributed by atoms with van der Waals surface area (Å²) in [6.45, 7) is 3.63. The smallest absolute Gasteiger partial charge is 0.114 e. The van der Waals surface area contributed by atoms with E-state index < -0.39 is 0 Å². The first-order valence-corrected chi connectivity index (χ1v) is 7.93. The molecule has 0 unspecified atom stereocenters. The van der Waals surface area contributed by atoms with E-state index in [9.17, 15) is 0 Å². The third-order valence-corrected chi connectivity index (χ3v) is 4.29. The van der Waals surface area contributed by atoms with E-state index in [0.717, 1.165) is 28.8 Å². The van der Waals surface area contributed by atoms with Crippen molar-refractivity contribution in [3.63, 3.8) is 0 Å². The lowest BCUT2D eigenvalue weighted by Gasteiger charge is -2.09. The van der Waals surface area contributed by atoms with Crippen LogP contribution in [-0.4, -0.2) is 9.55 Å². The van der Waals surface area contributed by atoms with Gasteiger partial charge in [0, 0.05) is 24.0 Å². The van der Waals surface area contributed by atoms with Crippen molar-refractivity contribution in [1.29, 1.82) is 0 Å². The predicted octanol–water partition coefficient (Wildman–Crippen LogP) is 3.87. The van der Waals surface area contributed by atoms with Crippen LogP contribution in [-0.2, 0) is 19.5 Å². The number of rotatable bonds is 4. The van der Waals surface area contributed by atoms with Crippen molar-refractivity contribution >= 4 is 27.0 Å². The summed E-state index contributed by atoms with van der Waals surface area (Å²) in [6, 6.07) is 14.6. The number of benzene rings is 2. The minimum absolute atomic E-state index is 0.564. The molecule has 0 spiro atoms. The molecule has 0 radical (unpaired) electrons. The van der Waals surface area contributed by atoms with E-state index >= 15 is 0 Å². The maximum Gasteiger partial charge on any atom is 0.114 e. The Kier molecular flexibility index (Phi) is 4.08. The fourth-order valence-electron chi connectivity index (χ4n) is 2.74. The van der Waals surface area contributed by atoms with Gasteiger partial charge in [-0.3, -0.25) is 0 Å². The molecular weight excluding hydrogens is 326 g/mol. The van der Waals surface area contributed by atoms with Gasteiger partial charge in [0.25, 0.3) is 0 Å². The topological polar surface area (TPSA) is 43.8 Å². The van der Waals surface area contributed by atoms with Crippen molar-refractivity contribution in [2.75, 3.05) is 0 Å². The monoisotopic (exact) mass is 343 g/mol. The standard InChI is InChI=1S/C17H18BrN3/c1-2-21-16-8-7-14(18)10-15(16)20-17(21)9-12-5-3-4-6-13(12)11-19/h3-8,10H,2,9,11,19H2,1H3. The molecule has 3 aromatic rings. The van der Waals surface area contributed by atoms with Crippen LogP contribution in [0.1, 0.15) is 23.9 Å². The third kappa shape index (κ3) is 2.74. The highest BCUT2D eigenvalue weighted by atomic mass is 79.9. The van der Waals surface area contributed by atoms with Crippen molar-refractivity contribution in [3.05, 3.63) is 63.9 Å². The SMILES string of the molecule is CCn1c(Cc2ccccc2CN)nc2cc(Br)ccc21. The molecule has 108 valence electrons. The highest BCUT2D eigenvalue weighted by Gasteiger charge is 2.11. The van der Waals surface area contributed by atoms with Gasteiger partial charge in [0.15, 0.2) is 0 Å². The van der Waals surface area contributed by atoms with E-state index in [0.29, 0.717) is 6.54 Å². The number of hydrogen-bond donors (Lipinski definition) is 1. The van der Waals surface area contributed by atoms with Gasteiger partial charge in [0.1, 0.15) is 5.82 Å². The molecule has 0 fully saturated rings. The Bertz CT molecular complexity index is 777. The number of aromatic nitrogens is 2. The summed E-state index contributed by atoms with van der Waals surface area (Å²) in [4.78, 5) is 4.81. The number of nitrogens with two attached hydrogens (primary N) is 1. The summed E-state index contributed by atoms with van der Waals surface area (Å²) >= 11 is 3.51. The fourth-order valence-corrected chi connectivity index (χ4v) is 3.09. The molecule has 0 bridgehead atoms. The molecule has 1 aromatic heterocycles. The average Bonchev–Trinajstić information content (AvgIpc) is 2.83. The van der Waals surface area contributed by atoms with Crippen LogP contribution in [0.15, 0.2) is 46.9 Å². The Hall–Kier alpha value is -1.65. The molecule has 4 heteroatoms. The lowest BCUT2D eigenvalue weighted by Crippen LogP contribution is -2.06. The average molecular weight is 344 g/mol. The van der Waals surface area contributed by atoms with Gasteiger partial charge in [0.2, 0.25) is 0 Å². The maximum atomic E-state index is 5.84. The van der Waals surface area contributed by atoms with Crippen LogP contribution < -0.4 is 5.73 Å². The number of halogens is 1. The Morgan fingerprint density at radius 1 is 1.14 bits per heavy atom. The molecule has 1 heterocycles. The van der Waals surface area contributed by atoms with Gasteiger partial charge in [-0.05, 0) is 36.2 Å². The normalized spacial score (nSPS) is 11.2. The molecule has 2 N–H and O–H groups in total. The molecular formula is C17H18BrN3. The summed E-state index contributed by atoms with van der Waals surface area (Å²) in [5.41, 5.74) is 10.5. The van der Waals surface area contributed by atoms with Gasteiger partial charge in [-0.2, -0.15) is 0 Å². The summed E-state index contributed by atoms with van der Waals surface area (Å²) in [5, 5.41) is 0. The molecule has 0 atom stereocenters. The van der Waals surface area contributed by atoms with Gasteiger partial charge in [0.05, 0.1) is 11.0 Å². The third-order valence-electron chi connectivity index (χ3n) is 3.79. The van der Waals surface area contributed by atoms with E-state index in [1.807, 2.05) is 6.07 Å². The highest BCUT2D eigenvalue weighted by Crippen LogP contribution is 2.23. The second-order valence-corrected chi connectivity index (χ2v) is 5.97. The van der Waals surface area contributed by atoms with Crippen LogP contribution in [0.2, 0.25) is 0 Å². The van der Waals surface area contributed by atoms with E-state index in [1.54, 1.807) is 0 Å². The second-order valence-electron chi connectivity index (χ2n) is 5.05. The molecule has 3 nitrogen and oxygen atoms in total. The van der Waals surface area contributed by atoms with Crippen molar-refractivity contribution in [3.8, 4) is 0 Å². The van der Waals surface area contributed by atoms with Crippen LogP contribution in [0, 0.1) is 0 Å². The molecule has 0 aliphatic heterocycles. The zero-order chi connectivity index (χ0) is 14.8. The van der Waals surface area contributed by atoms with Gasteiger partial charge in [-0.15, -0.1) is 0 Å². The quantitative estimate of drug-likeness (QED) is 0.781. The van der Waals surface area contributed by atoms with Crippen molar-refractivity contribution < 1.29 is 0 Å². The molecule has 0 aliphatic rings. The Balaban J connectivity index is 2.07. The highest BCUT2D eigenvalue weighted by molar-refractivity contribution is 9.10. The molecule has 0 saturated carbocycles. The number of nitrogens with zero attached hydrogens (tertiary/aromatic N) is 2. The van der Waals surface area contributed by atoms with Crippen LogP contribution in [0.25, 0.3) is 11.0 Å². The van der Waals surface area contributed by atoms with E-state index in [4.69, 9.17) is 10.7 Å². The number of aryl methyl sites for hydroxylation is 1. The second kappa shape index (κ2) is 6.00. The van der Waals surface area contributed by atoms with Crippen molar-refractivity contribution in [1.82, 2.24) is 9.55 Å². The molecule has 0 saturated heterocycles. The summed E-state index contributed by atoms with van der Waals surface area (Å²) in [7, 11) is 0. The minimum atomic E-state index is 0.564. The first-order valence-electron chi connectivity index (χ1n) is 7.14. The maximum absolute atomic E-state index is 5.84. The molecule has 21 heavy (non-hydrogen) atoms. The summed E-state index contributed by atoms with van der Waals surface area (Å²) in [6.07, 6.45) is 0.813. The molecule has 0 aliphatic carbocycles. The van der Waals surface area contributed by atoms with Gasteiger partial charge >= 0.3 is 0 Å². The van der Waals surface area contributed by atoms with Crippen LogP contribution in [0.3, 0.4) is 0 Å². The zero-order valence-electron chi connectivity index (χ0n) is 12.0. The van der Waals surface area contributed by atoms with Gasteiger partial charge in [-0.25, -0.2) is 4.98 Å². The van der Waals surface area contributed by atoms with Crippen molar-refractivity contribution in [2.24, 2.45) is 5.73 Å². The van der Waals surface area contributed by atoms with Crippen LogP contribution in [0.5, 0.6) is 0 Å². The van der Waals surface area contributed by atoms with Crippen LogP contribution >= 0.6 is 15.9 Å². The summed E-state index contributed by atoms with van der Waals surface area (Å²) in [5.74, 6) is 1.09. The van der Waals surface area contributed by atoms with Crippen molar-refractivity contribution in [2.45, 2.75) is 26.4 Å². The first kappa shape index (κ1) is 14.3. The lowest BCUT2D eigenvalue weighted by atomic mass is 10.0.